The van der Waals surface area contributed by atoms with Crippen LogP contribution in [0.3, 0.4) is 0 Å². The van der Waals surface area contributed by atoms with Crippen molar-refractivity contribution >= 4 is 49.9 Å². The van der Waals surface area contributed by atoms with E-state index in [2.05, 4.69) is 63.8 Å². The van der Waals surface area contributed by atoms with Gasteiger partial charge < -0.3 is 19.0 Å². The van der Waals surface area contributed by atoms with Gasteiger partial charge in [0.05, 0.1) is 0 Å². The molecule has 0 unspecified atom stereocenters. The summed E-state index contributed by atoms with van der Waals surface area (Å²) in [4.78, 5) is 0. The van der Waals surface area contributed by atoms with Crippen LogP contribution in [0.25, 0.3) is 5.23 Å². The van der Waals surface area contributed by atoms with Gasteiger partial charge in [-0.25, -0.2) is 15.3 Å². The Morgan fingerprint density at radius 2 is 0.923 bits per heavy atom. The summed E-state index contributed by atoms with van der Waals surface area (Å²) in [6, 6.07) is 36.6. The first kappa shape index (κ1) is 28.4. The molecule has 1 radical (unpaired) electrons. The molecule has 3 aromatic heterocycles. The van der Waals surface area contributed by atoms with E-state index in [-0.39, 0.29) is 14.0 Å². The van der Waals surface area contributed by atoms with Crippen LogP contribution in [0.15, 0.2) is 146 Å². The number of halogens is 2. The Kier molecular flexibility index (Phi) is 11.5. The molecule has 0 aliphatic carbocycles. The third-order valence-electron chi connectivity index (χ3n) is 5.55. The van der Waals surface area contributed by atoms with Crippen molar-refractivity contribution in [1.82, 2.24) is 29.1 Å². The molecule has 6 rings (SSSR count). The number of aromatic nitrogens is 6. The zero-order valence-corrected chi connectivity index (χ0v) is 24.8. The molecule has 0 N–H and O–H groups in total. The number of hydrogen-bond acceptors (Lipinski definition) is 3. The third kappa shape index (κ3) is 8.46. The van der Waals surface area contributed by atoms with Gasteiger partial charge in [0.2, 0.25) is 0 Å². The first-order valence-electron chi connectivity index (χ1n) is 12.0. The van der Waals surface area contributed by atoms with Crippen molar-refractivity contribution in [2.24, 2.45) is 0 Å². The van der Waals surface area contributed by atoms with Crippen molar-refractivity contribution in [3.05, 3.63) is 152 Å². The summed E-state index contributed by atoms with van der Waals surface area (Å²) in [7, 11) is 9.61. The number of hydrogen-bond donors (Lipinski definition) is 0. The standard InChI is InChI=1S/C18H15BN.C9H9BN6.2ClH.Os/c1-4-10-16(11-5-1)19(17-12-6-2-7-13-17)20-18-14-8-3-9-15-18;1-4-11-14(7-1)10(15-8-2-5-12-15)16-9-3-6-13-16;;;/h1-15H;1-9H;2*1H;/q2*-1;;;+2/p-2. The average Bonchev–Trinajstić information content (AvgIpc) is 3.80. The van der Waals surface area contributed by atoms with Gasteiger partial charge in [-0.3, -0.25) is 0 Å². The van der Waals surface area contributed by atoms with Gasteiger partial charge in [-0.1, -0.05) is 102 Å². The van der Waals surface area contributed by atoms with E-state index in [1.807, 2.05) is 79.3 Å². The van der Waals surface area contributed by atoms with E-state index in [0.29, 0.717) is 0 Å². The van der Waals surface area contributed by atoms with Crippen LogP contribution in [0.1, 0.15) is 0 Å². The fourth-order valence-corrected chi connectivity index (χ4v) is 3.89. The Labute approximate surface area is 244 Å². The minimum absolute atomic E-state index is 0.0415. The number of benzene rings is 3. The summed E-state index contributed by atoms with van der Waals surface area (Å²) in [5.74, 6) is 0. The van der Waals surface area contributed by atoms with Crippen LogP contribution in [0, 0.1) is 0 Å². The molecule has 6 aromatic rings. The second-order valence-electron chi connectivity index (χ2n) is 8.04. The summed E-state index contributed by atoms with van der Waals surface area (Å²) in [6.45, 7) is 0.0415. The predicted octanol–water partition coefficient (Wildman–Crippen LogP) is 5.08. The minimum atomic E-state index is -0.639. The Morgan fingerprint density at radius 1 is 0.564 bits per heavy atom. The van der Waals surface area contributed by atoms with Crippen molar-refractivity contribution in [1.29, 1.82) is 0 Å². The molecule has 197 valence electrons. The molecule has 39 heavy (non-hydrogen) atoms. The molecule has 0 aliphatic rings. The summed E-state index contributed by atoms with van der Waals surface area (Å²) in [5, 5.41) is 17.6. The fourth-order valence-electron chi connectivity index (χ4n) is 3.89. The Morgan fingerprint density at radius 3 is 1.26 bits per heavy atom. The molecule has 0 saturated heterocycles. The molecular weight excluding hydrogens is 705 g/mol. The van der Waals surface area contributed by atoms with Gasteiger partial charge in [-0.2, -0.15) is 0 Å². The Balaban J connectivity index is 0.000000168. The van der Waals surface area contributed by atoms with Crippen LogP contribution in [0.5, 0.6) is 0 Å². The van der Waals surface area contributed by atoms with Crippen molar-refractivity contribution in [3.63, 3.8) is 0 Å². The fraction of sp³-hybridized carbons (Fsp3) is 0. The molecule has 0 spiro atoms. The zero-order chi connectivity index (χ0) is 27.1. The second kappa shape index (κ2) is 15.8. The smallest absolute Gasteiger partial charge is 0.260 e. The molecule has 3 aromatic carbocycles. The van der Waals surface area contributed by atoms with Crippen LogP contribution in [-0.2, 0) is 15.4 Å². The molecule has 0 saturated carbocycles. The maximum absolute atomic E-state index is 4.90. The molecule has 0 amide bonds. The molecule has 12 heteroatoms. The second-order valence-corrected chi connectivity index (χ2v) is 11.7. The Hall–Kier alpha value is -3.56. The summed E-state index contributed by atoms with van der Waals surface area (Å²) >= 11 is -0.639. The number of rotatable bonds is 7. The van der Waals surface area contributed by atoms with Gasteiger partial charge >= 0.3 is 34.7 Å². The van der Waals surface area contributed by atoms with E-state index >= 15 is 0 Å². The maximum Gasteiger partial charge on any atom is 0.260 e. The quantitative estimate of drug-likeness (QED) is 0.216. The largest absolute Gasteiger partial charge is 0.699 e. The van der Waals surface area contributed by atoms with Gasteiger partial charge in [0, 0.05) is 18.6 Å². The molecule has 0 fully saturated rings. The topological polar surface area (TPSA) is 67.6 Å². The van der Waals surface area contributed by atoms with Gasteiger partial charge in [-0.05, 0) is 36.8 Å². The van der Waals surface area contributed by atoms with Crippen LogP contribution in [-0.4, -0.2) is 43.0 Å². The zero-order valence-electron chi connectivity index (χ0n) is 20.8. The number of nitrogens with zero attached hydrogens (tertiary/aromatic N) is 7. The van der Waals surface area contributed by atoms with Crippen molar-refractivity contribution in [2.45, 2.75) is 0 Å². The van der Waals surface area contributed by atoms with Crippen molar-refractivity contribution in [3.8, 4) is 0 Å². The normalized spacial score (nSPS) is 10.2. The van der Waals surface area contributed by atoms with Gasteiger partial charge in [0.25, 0.3) is 7.12 Å². The first-order valence-corrected chi connectivity index (χ1v) is 18.3. The first-order chi connectivity index (χ1) is 19.3. The van der Waals surface area contributed by atoms with Crippen LogP contribution >= 0.6 is 19.3 Å². The monoisotopic (exact) mass is 730 g/mol. The van der Waals surface area contributed by atoms with Crippen LogP contribution in [0.2, 0.25) is 0 Å². The summed E-state index contributed by atoms with van der Waals surface area (Å²) in [5.41, 5.74) is 3.43. The van der Waals surface area contributed by atoms with Crippen LogP contribution in [0.4, 0.5) is 5.69 Å². The van der Waals surface area contributed by atoms with Gasteiger partial charge in [-0.15, -0.1) is 5.69 Å². The SMILES string of the molecule is [Cl][Os][Cl].c1ccc([N-]B(c2ccccc2)c2ccccc2)cc1.c1cnn([B-](n2cccn2)n2cccn2)c1. The molecule has 0 aliphatic heterocycles. The van der Waals surface area contributed by atoms with Crippen molar-refractivity contribution < 1.29 is 15.4 Å². The van der Waals surface area contributed by atoms with Crippen molar-refractivity contribution in [2.75, 3.05) is 0 Å². The van der Waals surface area contributed by atoms with E-state index in [1.165, 1.54) is 10.9 Å². The van der Waals surface area contributed by atoms with Crippen LogP contribution < -0.4 is 10.9 Å². The third-order valence-corrected chi connectivity index (χ3v) is 5.55. The Bertz CT molecular complexity index is 1310. The molecule has 0 atom stereocenters. The molecule has 7 nitrogen and oxygen atoms in total. The molecule has 0 bridgehead atoms. The van der Waals surface area contributed by atoms with E-state index < -0.39 is 15.4 Å². The van der Waals surface area contributed by atoms with Gasteiger partial charge in [0.1, 0.15) is 6.85 Å². The average molecular weight is 729 g/mol. The summed E-state index contributed by atoms with van der Waals surface area (Å²) < 4.78 is 5.38. The minimum Gasteiger partial charge on any atom is -0.699 e. The van der Waals surface area contributed by atoms with E-state index in [9.17, 15) is 0 Å². The predicted molar refractivity (Wildman–Crippen MR) is 158 cm³/mol. The molecular formula is C27H24B2Cl2N7Os-2. The molecule has 3 heterocycles. The van der Waals surface area contributed by atoms with E-state index in [0.717, 1.165) is 5.69 Å². The summed E-state index contributed by atoms with van der Waals surface area (Å²) in [6.07, 6.45) is 10.9. The van der Waals surface area contributed by atoms with E-state index in [1.54, 1.807) is 32.4 Å². The van der Waals surface area contributed by atoms with Gasteiger partial charge in [0.15, 0.2) is 0 Å². The maximum atomic E-state index is 4.90. The van der Waals surface area contributed by atoms with E-state index in [4.69, 9.17) is 24.5 Å².